The Bertz CT molecular complexity index is 745. The lowest BCUT2D eigenvalue weighted by Crippen LogP contribution is -2.39. The molecule has 2 aliphatic rings. The molecule has 2 fully saturated rings. The largest absolute Gasteiger partial charge is 0.474 e. The normalized spacial score (nSPS) is 22.6. The highest BCUT2D eigenvalue weighted by molar-refractivity contribution is 8.32. The van der Waals surface area contributed by atoms with E-state index in [1.54, 1.807) is 4.90 Å². The van der Waals surface area contributed by atoms with Gasteiger partial charge in [-0.2, -0.15) is 0 Å². The molecule has 2 saturated heterocycles. The van der Waals surface area contributed by atoms with E-state index in [0.717, 1.165) is 11.5 Å². The Labute approximate surface area is 170 Å². The van der Waals surface area contributed by atoms with Gasteiger partial charge in [-0.25, -0.2) is 23.6 Å². The summed E-state index contributed by atoms with van der Waals surface area (Å²) in [6.45, 7) is 1.68. The number of carbonyl (C=O) groups is 1. The lowest BCUT2D eigenvalue weighted by atomic mass is 10.2. The fourth-order valence-corrected chi connectivity index (χ4v) is 4.99. The van der Waals surface area contributed by atoms with E-state index >= 15 is 0 Å². The van der Waals surface area contributed by atoms with Crippen LogP contribution in [-0.2, 0) is 9.47 Å². The maximum atomic E-state index is 14.8. The summed E-state index contributed by atoms with van der Waals surface area (Å²) in [5.41, 5.74) is 0.124. The fraction of sp³-hybridized carbons (Fsp3) is 0.556. The number of hydrogen-bond donors (Lipinski definition) is 1. The Morgan fingerprint density at radius 2 is 1.93 bits per heavy atom. The summed E-state index contributed by atoms with van der Waals surface area (Å²) in [6, 6.07) is 2.39. The van der Waals surface area contributed by atoms with Gasteiger partial charge in [0.25, 0.3) is 5.17 Å². The van der Waals surface area contributed by atoms with Gasteiger partial charge >= 0.3 is 6.09 Å². The summed E-state index contributed by atoms with van der Waals surface area (Å²) < 4.78 is 39.6. The van der Waals surface area contributed by atoms with Crippen LogP contribution < -0.4 is 15.1 Å². The number of nitrogens with one attached hydrogen (secondary N) is 1. The van der Waals surface area contributed by atoms with Gasteiger partial charge in [0.15, 0.2) is 11.6 Å². The molecule has 0 saturated carbocycles. The minimum atomic E-state index is -0.678. The van der Waals surface area contributed by atoms with Crippen molar-refractivity contribution in [3.8, 4) is 0 Å². The van der Waals surface area contributed by atoms with Crippen LogP contribution in [0.2, 0.25) is 0 Å². The van der Waals surface area contributed by atoms with Crippen molar-refractivity contribution in [3.63, 3.8) is 0 Å². The SMILES string of the molecule is COC(=S)NCC1CN(c2cc(F)c(N3CCS(C)(C)CC3)c(F)c2)C(=O)O1. The highest BCUT2D eigenvalue weighted by atomic mass is 32.3. The van der Waals surface area contributed by atoms with Crippen molar-refractivity contribution in [2.75, 3.05) is 67.1 Å². The molecule has 0 bridgehead atoms. The number of benzene rings is 1. The lowest BCUT2D eigenvalue weighted by molar-refractivity contribution is 0.142. The van der Waals surface area contributed by atoms with Crippen molar-refractivity contribution < 1.29 is 23.0 Å². The van der Waals surface area contributed by atoms with Crippen LogP contribution in [0.1, 0.15) is 0 Å². The van der Waals surface area contributed by atoms with E-state index in [4.69, 9.17) is 21.7 Å². The molecule has 156 valence electrons. The molecule has 0 aliphatic carbocycles. The molecular formula is C18H25F2N3O3S2. The van der Waals surface area contributed by atoms with E-state index in [0.29, 0.717) is 13.1 Å². The molecule has 1 amide bonds. The minimum absolute atomic E-state index is 0.0186. The van der Waals surface area contributed by atoms with Gasteiger partial charge < -0.3 is 19.7 Å². The number of rotatable bonds is 4. The topological polar surface area (TPSA) is 54.0 Å². The van der Waals surface area contributed by atoms with Crippen molar-refractivity contribution in [1.29, 1.82) is 0 Å². The third kappa shape index (κ3) is 4.60. The Kier molecular flexibility index (Phi) is 6.18. The molecule has 2 aliphatic heterocycles. The van der Waals surface area contributed by atoms with Crippen LogP contribution in [0.15, 0.2) is 12.1 Å². The molecule has 6 nitrogen and oxygen atoms in total. The number of ether oxygens (including phenoxy) is 2. The van der Waals surface area contributed by atoms with E-state index < -0.39 is 33.9 Å². The Morgan fingerprint density at radius 3 is 2.50 bits per heavy atom. The molecule has 1 unspecified atom stereocenters. The minimum Gasteiger partial charge on any atom is -0.474 e. The number of methoxy groups -OCH3 is 1. The van der Waals surface area contributed by atoms with Crippen LogP contribution in [0.3, 0.4) is 0 Å². The summed E-state index contributed by atoms with van der Waals surface area (Å²) in [6.07, 6.45) is 3.33. The molecular weight excluding hydrogens is 408 g/mol. The van der Waals surface area contributed by atoms with Crippen molar-refractivity contribution in [2.24, 2.45) is 0 Å². The van der Waals surface area contributed by atoms with Gasteiger partial charge in [0.05, 0.1) is 25.9 Å². The van der Waals surface area contributed by atoms with E-state index in [9.17, 15) is 13.6 Å². The van der Waals surface area contributed by atoms with E-state index in [2.05, 4.69) is 17.8 Å². The van der Waals surface area contributed by atoms with E-state index in [1.165, 1.54) is 24.1 Å². The number of carbonyl (C=O) groups excluding carboxylic acids is 1. The van der Waals surface area contributed by atoms with Crippen molar-refractivity contribution >= 4 is 44.9 Å². The standard InChI is InChI=1S/C18H25F2N3O3S2/c1-25-17(27)21-10-13-11-23(18(24)26-13)12-8-14(19)16(15(20)9-12)22-4-6-28(2,3)7-5-22/h8-9,13H,4-7,10-11H2,1-3H3,(H,21,27). The van der Waals surface area contributed by atoms with Gasteiger partial charge in [-0.05, 0) is 36.2 Å². The maximum Gasteiger partial charge on any atom is 0.414 e. The van der Waals surface area contributed by atoms with Crippen LogP contribution in [0.5, 0.6) is 0 Å². The number of cyclic esters (lactones) is 1. The smallest absolute Gasteiger partial charge is 0.414 e. The first-order chi connectivity index (χ1) is 13.2. The zero-order valence-corrected chi connectivity index (χ0v) is 17.8. The molecule has 1 aromatic rings. The monoisotopic (exact) mass is 433 g/mol. The van der Waals surface area contributed by atoms with Crippen molar-refractivity contribution in [2.45, 2.75) is 6.10 Å². The van der Waals surface area contributed by atoms with Gasteiger partial charge in [0.1, 0.15) is 11.8 Å². The van der Waals surface area contributed by atoms with Crippen LogP contribution in [-0.4, -0.2) is 74.7 Å². The lowest BCUT2D eigenvalue weighted by Gasteiger charge is -2.42. The quantitative estimate of drug-likeness (QED) is 0.737. The van der Waals surface area contributed by atoms with Crippen LogP contribution in [0.4, 0.5) is 25.0 Å². The molecule has 0 radical (unpaired) electrons. The van der Waals surface area contributed by atoms with E-state index in [1.807, 2.05) is 0 Å². The van der Waals surface area contributed by atoms with Gasteiger partial charge in [-0.1, -0.05) is 0 Å². The Hall–Kier alpha value is -1.81. The van der Waals surface area contributed by atoms with Crippen LogP contribution in [0.25, 0.3) is 0 Å². The van der Waals surface area contributed by atoms with E-state index in [-0.39, 0.29) is 29.6 Å². The third-order valence-electron chi connectivity index (χ3n) is 4.99. The molecule has 28 heavy (non-hydrogen) atoms. The Morgan fingerprint density at radius 1 is 1.32 bits per heavy atom. The molecule has 0 spiro atoms. The zero-order chi connectivity index (χ0) is 20.5. The highest BCUT2D eigenvalue weighted by Crippen LogP contribution is 2.43. The molecule has 1 N–H and O–H groups in total. The van der Waals surface area contributed by atoms with Crippen molar-refractivity contribution in [1.82, 2.24) is 5.32 Å². The van der Waals surface area contributed by atoms with Crippen LogP contribution >= 0.6 is 22.2 Å². The molecule has 10 heteroatoms. The number of thiocarbonyl (C=S) groups is 1. The molecule has 1 atom stereocenters. The first-order valence-corrected chi connectivity index (χ1v) is 12.1. The number of nitrogens with zero attached hydrogens (tertiary/aromatic N) is 2. The average molecular weight is 434 g/mol. The highest BCUT2D eigenvalue weighted by Gasteiger charge is 2.34. The summed E-state index contributed by atoms with van der Waals surface area (Å²) in [7, 11) is 0.753. The maximum absolute atomic E-state index is 14.8. The second-order valence-electron chi connectivity index (χ2n) is 7.41. The predicted octanol–water partition coefficient (Wildman–Crippen LogP) is 2.70. The summed E-state index contributed by atoms with van der Waals surface area (Å²) in [5.74, 6) is 0.563. The van der Waals surface area contributed by atoms with Gasteiger partial charge in [0, 0.05) is 25.2 Å². The second-order valence-corrected chi connectivity index (χ2v) is 12.1. The number of halogens is 2. The summed E-state index contributed by atoms with van der Waals surface area (Å²) in [5, 5.41) is 2.98. The summed E-state index contributed by atoms with van der Waals surface area (Å²) in [4.78, 5) is 15.1. The second kappa shape index (κ2) is 8.28. The Balaban J connectivity index is 1.72. The first-order valence-electron chi connectivity index (χ1n) is 8.93. The van der Waals surface area contributed by atoms with Gasteiger partial charge in [0.2, 0.25) is 0 Å². The van der Waals surface area contributed by atoms with Gasteiger partial charge in [-0.15, -0.1) is 0 Å². The van der Waals surface area contributed by atoms with Gasteiger partial charge in [-0.3, -0.25) is 4.90 Å². The first kappa shape index (κ1) is 20.9. The zero-order valence-electron chi connectivity index (χ0n) is 16.2. The third-order valence-corrected chi connectivity index (χ3v) is 7.88. The number of amides is 1. The number of anilines is 2. The summed E-state index contributed by atoms with van der Waals surface area (Å²) >= 11 is 4.88. The molecule has 1 aromatic carbocycles. The molecule has 2 heterocycles. The van der Waals surface area contributed by atoms with Crippen LogP contribution in [0, 0.1) is 11.6 Å². The average Bonchev–Trinajstić information content (AvgIpc) is 3.01. The predicted molar refractivity (Wildman–Crippen MR) is 113 cm³/mol. The number of hydrogen-bond acceptors (Lipinski definition) is 5. The fourth-order valence-electron chi connectivity index (χ4n) is 3.27. The molecule has 3 rings (SSSR count). The molecule has 0 aromatic heterocycles. The van der Waals surface area contributed by atoms with Crippen molar-refractivity contribution in [3.05, 3.63) is 23.8 Å².